The Balaban J connectivity index is 3.33. The maximum absolute atomic E-state index is 11.1. The Morgan fingerprint density at radius 1 is 1.67 bits per heavy atom. The van der Waals surface area contributed by atoms with Crippen molar-refractivity contribution in [3.63, 3.8) is 0 Å². The van der Waals surface area contributed by atoms with Gasteiger partial charge in [-0.3, -0.25) is 4.79 Å². The summed E-state index contributed by atoms with van der Waals surface area (Å²) in [4.78, 5) is 11.1. The summed E-state index contributed by atoms with van der Waals surface area (Å²) in [6.07, 6.45) is 0.955. The van der Waals surface area contributed by atoms with Crippen LogP contribution in [0.3, 0.4) is 0 Å². The van der Waals surface area contributed by atoms with Crippen molar-refractivity contribution in [3.8, 4) is 0 Å². The van der Waals surface area contributed by atoms with E-state index in [1.165, 1.54) is 11.8 Å². The van der Waals surface area contributed by atoms with Crippen molar-refractivity contribution in [2.24, 2.45) is 0 Å². The molecule has 0 saturated carbocycles. The Kier molecular flexibility index (Phi) is 7.29. The number of hydrogen-bond donors (Lipinski definition) is 2. The first-order valence-corrected chi connectivity index (χ1v) is 5.34. The molecule has 1 amide bonds. The number of amides is 1. The number of thioether (sulfide) groups is 1. The lowest BCUT2D eigenvalue weighted by atomic mass is 10.3. The van der Waals surface area contributed by atoms with Crippen LogP contribution in [0.15, 0.2) is 0 Å². The topological polar surface area (TPSA) is 49.3 Å². The van der Waals surface area contributed by atoms with Gasteiger partial charge in [0.1, 0.15) is 0 Å². The lowest BCUT2D eigenvalue weighted by molar-refractivity contribution is -0.119. The van der Waals surface area contributed by atoms with Gasteiger partial charge in [0.05, 0.1) is 12.4 Å². The molecular formula is C8H17NO2S. The fourth-order valence-corrected chi connectivity index (χ4v) is 1.19. The highest BCUT2D eigenvalue weighted by Crippen LogP contribution is 1.98. The average Bonchev–Trinajstić information content (AvgIpc) is 2.05. The molecule has 0 spiro atoms. The largest absolute Gasteiger partial charge is 0.396 e. The molecule has 0 aliphatic rings. The third kappa shape index (κ3) is 6.49. The first-order chi connectivity index (χ1) is 5.70. The van der Waals surface area contributed by atoms with Gasteiger partial charge in [-0.1, -0.05) is 6.92 Å². The van der Waals surface area contributed by atoms with E-state index in [4.69, 9.17) is 5.11 Å². The summed E-state index contributed by atoms with van der Waals surface area (Å²) in [6.45, 7) is 4.15. The Hall–Kier alpha value is -0.220. The number of aliphatic hydroxyl groups excluding tert-OH is 1. The van der Waals surface area contributed by atoms with Crippen molar-refractivity contribution in [2.75, 3.05) is 18.1 Å². The second-order valence-electron chi connectivity index (χ2n) is 2.65. The van der Waals surface area contributed by atoms with Crippen molar-refractivity contribution in [3.05, 3.63) is 0 Å². The molecule has 12 heavy (non-hydrogen) atoms. The van der Waals surface area contributed by atoms with Crippen molar-refractivity contribution in [2.45, 2.75) is 26.3 Å². The van der Waals surface area contributed by atoms with E-state index >= 15 is 0 Å². The molecule has 0 aromatic heterocycles. The number of rotatable bonds is 6. The highest BCUT2D eigenvalue weighted by Gasteiger charge is 2.04. The molecule has 0 bridgehead atoms. The number of carbonyl (C=O) groups is 1. The molecule has 4 heteroatoms. The van der Waals surface area contributed by atoms with Gasteiger partial charge in [0.15, 0.2) is 0 Å². The minimum absolute atomic E-state index is 0.0581. The SMILES string of the molecule is CCC(C)NC(=O)CSCCO. The minimum Gasteiger partial charge on any atom is -0.396 e. The minimum atomic E-state index is 0.0581. The predicted molar refractivity (Wildman–Crippen MR) is 52.3 cm³/mol. The second kappa shape index (κ2) is 7.43. The fourth-order valence-electron chi connectivity index (χ4n) is 0.648. The molecule has 2 N–H and O–H groups in total. The van der Waals surface area contributed by atoms with Crippen molar-refractivity contribution in [1.82, 2.24) is 5.32 Å². The molecule has 0 saturated heterocycles. The Morgan fingerprint density at radius 3 is 2.83 bits per heavy atom. The molecular weight excluding hydrogens is 174 g/mol. The summed E-state index contributed by atoms with van der Waals surface area (Å²) >= 11 is 1.45. The quantitative estimate of drug-likeness (QED) is 0.605. The first-order valence-electron chi connectivity index (χ1n) is 4.18. The third-order valence-corrected chi connectivity index (χ3v) is 2.43. The van der Waals surface area contributed by atoms with Gasteiger partial charge < -0.3 is 10.4 Å². The summed E-state index contributed by atoms with van der Waals surface area (Å²) < 4.78 is 0. The lowest BCUT2D eigenvalue weighted by Crippen LogP contribution is -2.33. The van der Waals surface area contributed by atoms with E-state index in [1.807, 2.05) is 13.8 Å². The van der Waals surface area contributed by atoms with Gasteiger partial charge in [-0.2, -0.15) is 0 Å². The molecule has 0 fully saturated rings. The van der Waals surface area contributed by atoms with Crippen molar-refractivity contribution >= 4 is 17.7 Å². The van der Waals surface area contributed by atoms with Gasteiger partial charge in [0, 0.05) is 11.8 Å². The highest BCUT2D eigenvalue weighted by atomic mass is 32.2. The van der Waals surface area contributed by atoms with Gasteiger partial charge in [0.25, 0.3) is 0 Å². The van der Waals surface area contributed by atoms with Gasteiger partial charge in [-0.25, -0.2) is 0 Å². The van der Waals surface area contributed by atoms with Gasteiger partial charge in [-0.05, 0) is 13.3 Å². The van der Waals surface area contributed by atoms with Crippen LogP contribution in [0.25, 0.3) is 0 Å². The van der Waals surface area contributed by atoms with E-state index in [9.17, 15) is 4.79 Å². The molecule has 72 valence electrons. The molecule has 0 aliphatic carbocycles. The van der Waals surface area contributed by atoms with Crippen LogP contribution < -0.4 is 5.32 Å². The van der Waals surface area contributed by atoms with Gasteiger partial charge >= 0.3 is 0 Å². The monoisotopic (exact) mass is 191 g/mol. The Bertz CT molecular complexity index is 130. The van der Waals surface area contributed by atoms with E-state index in [0.29, 0.717) is 11.5 Å². The summed E-state index contributed by atoms with van der Waals surface area (Å²) in [5, 5.41) is 11.3. The summed E-state index contributed by atoms with van der Waals surface area (Å²) in [5.41, 5.74) is 0. The van der Waals surface area contributed by atoms with E-state index in [0.717, 1.165) is 6.42 Å². The summed E-state index contributed by atoms with van der Waals surface area (Å²) in [7, 11) is 0. The molecule has 0 rings (SSSR count). The van der Waals surface area contributed by atoms with E-state index in [-0.39, 0.29) is 18.6 Å². The summed E-state index contributed by atoms with van der Waals surface area (Å²) in [5.74, 6) is 1.14. The maximum Gasteiger partial charge on any atom is 0.230 e. The van der Waals surface area contributed by atoms with Crippen LogP contribution >= 0.6 is 11.8 Å². The van der Waals surface area contributed by atoms with Crippen LogP contribution in [-0.4, -0.2) is 35.2 Å². The summed E-state index contributed by atoms with van der Waals surface area (Å²) in [6, 6.07) is 0.257. The second-order valence-corrected chi connectivity index (χ2v) is 3.76. The van der Waals surface area contributed by atoms with Crippen LogP contribution in [0.1, 0.15) is 20.3 Å². The fraction of sp³-hybridized carbons (Fsp3) is 0.875. The predicted octanol–water partition coefficient (Wildman–Crippen LogP) is 0.627. The number of carbonyl (C=O) groups excluding carboxylic acids is 1. The maximum atomic E-state index is 11.1. The zero-order chi connectivity index (χ0) is 9.40. The van der Waals surface area contributed by atoms with E-state index in [1.54, 1.807) is 0 Å². The number of hydrogen-bond acceptors (Lipinski definition) is 3. The molecule has 1 unspecified atom stereocenters. The number of nitrogens with one attached hydrogen (secondary N) is 1. The van der Waals surface area contributed by atoms with Crippen LogP contribution in [0.5, 0.6) is 0 Å². The molecule has 0 aromatic carbocycles. The van der Waals surface area contributed by atoms with Crippen LogP contribution in [-0.2, 0) is 4.79 Å². The number of aliphatic hydroxyl groups is 1. The Labute approximate surface area is 77.9 Å². The average molecular weight is 191 g/mol. The first kappa shape index (κ1) is 11.8. The van der Waals surface area contributed by atoms with Crippen molar-refractivity contribution in [1.29, 1.82) is 0 Å². The molecule has 0 aliphatic heterocycles. The van der Waals surface area contributed by atoms with E-state index in [2.05, 4.69) is 5.32 Å². The van der Waals surface area contributed by atoms with Gasteiger partial charge in [0.2, 0.25) is 5.91 Å². The molecule has 3 nitrogen and oxygen atoms in total. The Morgan fingerprint density at radius 2 is 2.33 bits per heavy atom. The normalized spacial score (nSPS) is 12.6. The standard InChI is InChI=1S/C8H17NO2S/c1-3-7(2)9-8(11)6-12-5-4-10/h7,10H,3-6H2,1-2H3,(H,9,11). The lowest BCUT2D eigenvalue weighted by Gasteiger charge is -2.10. The molecule has 1 atom stereocenters. The molecule has 0 radical (unpaired) electrons. The van der Waals surface area contributed by atoms with E-state index < -0.39 is 0 Å². The smallest absolute Gasteiger partial charge is 0.230 e. The van der Waals surface area contributed by atoms with Crippen LogP contribution in [0.4, 0.5) is 0 Å². The third-order valence-electron chi connectivity index (χ3n) is 1.49. The van der Waals surface area contributed by atoms with Crippen LogP contribution in [0.2, 0.25) is 0 Å². The zero-order valence-corrected chi connectivity index (χ0v) is 8.49. The van der Waals surface area contributed by atoms with Crippen molar-refractivity contribution < 1.29 is 9.90 Å². The zero-order valence-electron chi connectivity index (χ0n) is 7.67. The molecule has 0 aromatic rings. The molecule has 0 heterocycles. The van der Waals surface area contributed by atoms with Gasteiger partial charge in [-0.15, -0.1) is 11.8 Å². The highest BCUT2D eigenvalue weighted by molar-refractivity contribution is 7.99. The van der Waals surface area contributed by atoms with Crippen LogP contribution in [0, 0.1) is 0 Å².